The van der Waals surface area contributed by atoms with Gasteiger partial charge in [0.2, 0.25) is 0 Å². The molecule has 1 fully saturated rings. The molecule has 0 bridgehead atoms. The number of amides is 1. The molecule has 0 radical (unpaired) electrons. The molecule has 1 atom stereocenters. The number of pyridine rings is 1. The molecule has 0 aliphatic carbocycles. The van der Waals surface area contributed by atoms with E-state index in [1.54, 1.807) is 24.3 Å². The van der Waals surface area contributed by atoms with Crippen LogP contribution in [0.5, 0.6) is 0 Å². The van der Waals surface area contributed by atoms with E-state index in [9.17, 15) is 19.7 Å². The third-order valence-corrected chi connectivity index (χ3v) is 4.57. The number of fused-ring (bicyclic) bond motifs is 1. The van der Waals surface area contributed by atoms with Crippen molar-refractivity contribution in [3.63, 3.8) is 0 Å². The highest BCUT2D eigenvalue weighted by Gasteiger charge is 2.36. The number of benzene rings is 2. The molecular weight excluding hydrogens is 362 g/mol. The van der Waals surface area contributed by atoms with Gasteiger partial charge in [0.25, 0.3) is 11.6 Å². The van der Waals surface area contributed by atoms with Crippen LogP contribution in [0.1, 0.15) is 16.9 Å². The van der Waals surface area contributed by atoms with Crippen LogP contribution in [-0.4, -0.2) is 34.4 Å². The van der Waals surface area contributed by atoms with E-state index in [0.29, 0.717) is 24.2 Å². The third-order valence-electron chi connectivity index (χ3n) is 4.57. The Morgan fingerprint density at radius 3 is 2.79 bits per heavy atom. The molecule has 140 valence electrons. The van der Waals surface area contributed by atoms with Gasteiger partial charge in [0.1, 0.15) is 5.69 Å². The number of aromatic nitrogens is 1. The van der Waals surface area contributed by atoms with Crippen molar-refractivity contribution < 1.29 is 19.2 Å². The van der Waals surface area contributed by atoms with E-state index in [1.165, 1.54) is 23.1 Å². The maximum Gasteiger partial charge on any atom is 0.357 e. The zero-order valence-corrected chi connectivity index (χ0v) is 14.6. The highest BCUT2D eigenvalue weighted by Crippen LogP contribution is 2.27. The van der Waals surface area contributed by atoms with Crippen molar-refractivity contribution in [1.29, 1.82) is 0 Å². The van der Waals surface area contributed by atoms with Gasteiger partial charge in [-0.3, -0.25) is 14.9 Å². The molecule has 3 aromatic rings. The molecule has 1 amide bonds. The first-order valence-electron chi connectivity index (χ1n) is 8.65. The molecule has 2 heterocycles. The van der Waals surface area contributed by atoms with E-state index in [1.807, 2.05) is 18.2 Å². The molecule has 2 aromatic carbocycles. The molecule has 0 saturated carbocycles. The average molecular weight is 377 g/mol. The fourth-order valence-electron chi connectivity index (χ4n) is 3.16. The van der Waals surface area contributed by atoms with Crippen LogP contribution < -0.4 is 4.90 Å². The number of rotatable bonds is 4. The summed E-state index contributed by atoms with van der Waals surface area (Å²) < 4.78 is 5.36. The van der Waals surface area contributed by atoms with E-state index in [4.69, 9.17) is 4.74 Å². The summed E-state index contributed by atoms with van der Waals surface area (Å²) in [7, 11) is 0. The second-order valence-corrected chi connectivity index (χ2v) is 6.34. The number of nitrogens with zero attached hydrogens (tertiary/aromatic N) is 3. The summed E-state index contributed by atoms with van der Waals surface area (Å²) in [6.45, 7) is 0.309. The molecule has 1 aromatic heterocycles. The van der Waals surface area contributed by atoms with Gasteiger partial charge in [0.15, 0.2) is 6.10 Å². The minimum Gasteiger partial charge on any atom is -0.447 e. The smallest absolute Gasteiger partial charge is 0.357 e. The fraction of sp³-hybridized carbons (Fsp3) is 0.150. The Labute approximate surface area is 159 Å². The maximum absolute atomic E-state index is 12.6. The van der Waals surface area contributed by atoms with Gasteiger partial charge >= 0.3 is 5.97 Å². The van der Waals surface area contributed by atoms with E-state index < -0.39 is 22.9 Å². The lowest BCUT2D eigenvalue weighted by atomic mass is 10.2. The van der Waals surface area contributed by atoms with Crippen molar-refractivity contribution in [2.24, 2.45) is 0 Å². The van der Waals surface area contributed by atoms with Gasteiger partial charge in [-0.25, -0.2) is 9.78 Å². The minimum atomic E-state index is -0.944. The van der Waals surface area contributed by atoms with E-state index in [-0.39, 0.29) is 11.4 Å². The molecule has 1 saturated heterocycles. The number of anilines is 1. The lowest BCUT2D eigenvalue weighted by Crippen LogP contribution is -2.32. The molecule has 0 N–H and O–H groups in total. The molecular formula is C20H15N3O5. The van der Waals surface area contributed by atoms with Gasteiger partial charge in [-0.1, -0.05) is 30.3 Å². The van der Waals surface area contributed by atoms with Crippen LogP contribution in [0.3, 0.4) is 0 Å². The number of carbonyl (C=O) groups excluding carboxylic acids is 2. The van der Waals surface area contributed by atoms with Gasteiger partial charge < -0.3 is 9.64 Å². The second kappa shape index (κ2) is 7.07. The predicted octanol–water partition coefficient (Wildman–Crippen LogP) is 3.11. The minimum absolute atomic E-state index is 0.105. The highest BCUT2D eigenvalue weighted by atomic mass is 16.6. The summed E-state index contributed by atoms with van der Waals surface area (Å²) in [6.07, 6.45) is -0.638. The van der Waals surface area contributed by atoms with Gasteiger partial charge in [0, 0.05) is 30.5 Å². The van der Waals surface area contributed by atoms with E-state index in [2.05, 4.69) is 4.98 Å². The van der Waals surface area contributed by atoms with E-state index >= 15 is 0 Å². The predicted molar refractivity (Wildman–Crippen MR) is 101 cm³/mol. The Balaban J connectivity index is 1.49. The number of nitro groups is 1. The van der Waals surface area contributed by atoms with Crippen LogP contribution in [0, 0.1) is 10.1 Å². The lowest BCUT2D eigenvalue weighted by Gasteiger charge is -2.16. The number of carbonyl (C=O) groups is 2. The Hall–Kier alpha value is -3.81. The number of ether oxygens (including phenoxy) is 1. The van der Waals surface area contributed by atoms with Crippen molar-refractivity contribution in [1.82, 2.24) is 4.98 Å². The van der Waals surface area contributed by atoms with Crippen LogP contribution >= 0.6 is 0 Å². The van der Waals surface area contributed by atoms with Crippen molar-refractivity contribution in [3.05, 3.63) is 76.5 Å². The average Bonchev–Trinajstić information content (AvgIpc) is 3.08. The Bertz CT molecular complexity index is 1100. The van der Waals surface area contributed by atoms with Crippen molar-refractivity contribution in [2.75, 3.05) is 11.4 Å². The van der Waals surface area contributed by atoms with Crippen LogP contribution in [0.25, 0.3) is 10.9 Å². The van der Waals surface area contributed by atoms with Gasteiger partial charge in [0.05, 0.1) is 16.1 Å². The topological polar surface area (TPSA) is 103 Å². The number of hydrogen-bond acceptors (Lipinski definition) is 6. The fourth-order valence-corrected chi connectivity index (χ4v) is 3.16. The van der Waals surface area contributed by atoms with Crippen molar-refractivity contribution in [2.45, 2.75) is 12.5 Å². The molecule has 1 unspecified atom stereocenters. The first-order chi connectivity index (χ1) is 13.5. The molecule has 1 aliphatic rings. The SMILES string of the molecule is O=C(OC1CCN(c2cccc([N+](=O)[O-])c2)C1=O)c1ccc2ccccc2n1. The number of non-ortho nitro benzene ring substituents is 1. The highest BCUT2D eigenvalue weighted by molar-refractivity contribution is 6.01. The monoisotopic (exact) mass is 377 g/mol. The summed E-state index contributed by atoms with van der Waals surface area (Å²) >= 11 is 0. The maximum atomic E-state index is 12.6. The van der Waals surface area contributed by atoms with E-state index in [0.717, 1.165) is 5.39 Å². The Morgan fingerprint density at radius 1 is 1.14 bits per heavy atom. The molecule has 8 heteroatoms. The van der Waals surface area contributed by atoms with Crippen LogP contribution in [0.2, 0.25) is 0 Å². The largest absolute Gasteiger partial charge is 0.447 e. The number of para-hydroxylation sites is 1. The zero-order valence-electron chi connectivity index (χ0n) is 14.6. The van der Waals surface area contributed by atoms with Crippen LogP contribution in [-0.2, 0) is 9.53 Å². The molecule has 4 rings (SSSR count). The van der Waals surface area contributed by atoms with Crippen LogP contribution in [0.15, 0.2) is 60.7 Å². The summed E-state index contributed by atoms with van der Waals surface area (Å²) in [6, 6.07) is 16.5. The van der Waals surface area contributed by atoms with Crippen LogP contribution in [0.4, 0.5) is 11.4 Å². The summed E-state index contributed by atoms with van der Waals surface area (Å²) in [5.74, 6) is -1.08. The van der Waals surface area contributed by atoms with Gasteiger partial charge in [-0.05, 0) is 18.2 Å². The lowest BCUT2D eigenvalue weighted by molar-refractivity contribution is -0.384. The molecule has 28 heavy (non-hydrogen) atoms. The van der Waals surface area contributed by atoms with Gasteiger partial charge in [-0.2, -0.15) is 0 Å². The Morgan fingerprint density at radius 2 is 1.96 bits per heavy atom. The number of esters is 1. The van der Waals surface area contributed by atoms with Crippen molar-refractivity contribution in [3.8, 4) is 0 Å². The summed E-state index contributed by atoms with van der Waals surface area (Å²) in [5.41, 5.74) is 1.08. The zero-order chi connectivity index (χ0) is 19.7. The van der Waals surface area contributed by atoms with Crippen molar-refractivity contribution >= 4 is 34.2 Å². The quantitative estimate of drug-likeness (QED) is 0.393. The first-order valence-corrected chi connectivity index (χ1v) is 8.65. The van der Waals surface area contributed by atoms with Gasteiger partial charge in [-0.15, -0.1) is 0 Å². The molecule has 8 nitrogen and oxygen atoms in total. The molecule has 0 spiro atoms. The second-order valence-electron chi connectivity index (χ2n) is 6.34. The molecule has 1 aliphatic heterocycles. The Kier molecular flexibility index (Phi) is 4.44. The summed E-state index contributed by atoms with van der Waals surface area (Å²) in [5, 5.41) is 11.8. The number of hydrogen-bond donors (Lipinski definition) is 0. The number of nitro benzene ring substituents is 1. The normalized spacial score (nSPS) is 16.4. The first kappa shape index (κ1) is 17.6. The standard InChI is InChI=1S/C20H15N3O5/c24-19-18(10-11-22(19)14-5-3-6-15(12-14)23(26)27)28-20(25)17-9-8-13-4-1-2-7-16(13)21-17/h1-9,12,18H,10-11H2. The summed E-state index contributed by atoms with van der Waals surface area (Å²) in [4.78, 5) is 41.1. The third kappa shape index (κ3) is 3.27.